The number of para-hydroxylation sites is 1. The van der Waals surface area contributed by atoms with Gasteiger partial charge in [-0.1, -0.05) is 124 Å². The molecule has 0 radical (unpaired) electrons. The Bertz CT molecular complexity index is 1420. The maximum atomic E-state index is 4.93. The van der Waals surface area contributed by atoms with Crippen LogP contribution in [0.3, 0.4) is 0 Å². The highest BCUT2D eigenvalue weighted by Gasteiger charge is 2.20. The summed E-state index contributed by atoms with van der Waals surface area (Å²) >= 11 is 0. The second kappa shape index (κ2) is 10.8. The first kappa shape index (κ1) is 23.8. The Kier molecular flexibility index (Phi) is 7.13. The molecule has 1 heterocycles. The van der Waals surface area contributed by atoms with Gasteiger partial charge in [0.1, 0.15) is 5.82 Å². The molecule has 0 fully saturated rings. The fourth-order valence-electron chi connectivity index (χ4n) is 4.83. The van der Waals surface area contributed by atoms with Crippen LogP contribution in [0.2, 0.25) is 0 Å². The van der Waals surface area contributed by atoms with Crippen LogP contribution < -0.4 is 0 Å². The van der Waals surface area contributed by atoms with Crippen LogP contribution in [0.1, 0.15) is 38.3 Å². The summed E-state index contributed by atoms with van der Waals surface area (Å²) in [6, 6.07) is 26.0. The summed E-state index contributed by atoms with van der Waals surface area (Å²) in [6.45, 7) is 6.95. The molecular weight excluding hydrogens is 436 g/mol. The molecule has 1 atom stereocenters. The van der Waals surface area contributed by atoms with E-state index in [0.717, 1.165) is 24.4 Å². The van der Waals surface area contributed by atoms with Crippen molar-refractivity contribution < 1.29 is 0 Å². The van der Waals surface area contributed by atoms with Gasteiger partial charge in [0.15, 0.2) is 0 Å². The third-order valence-electron chi connectivity index (χ3n) is 7.23. The standard InChI is InChI=1S/C34H34N2/c1-25(2)26(3)24-29-18-11-12-19-32(29)34-35-22-23-36(34)33-30(27-14-7-4-5-8-15-27)20-13-21-31(33)28-16-9-6-10-17-28/h4,6-23,25-26H,5,24H2,1-3H3/t26-/m1/s1. The van der Waals surface area contributed by atoms with E-state index in [2.05, 4.69) is 135 Å². The molecule has 1 aliphatic rings. The van der Waals surface area contributed by atoms with Crippen LogP contribution in [-0.2, 0) is 6.42 Å². The van der Waals surface area contributed by atoms with E-state index in [4.69, 9.17) is 4.98 Å². The Morgan fingerprint density at radius 3 is 2.39 bits per heavy atom. The van der Waals surface area contributed by atoms with Crippen LogP contribution in [0.15, 0.2) is 116 Å². The molecule has 0 unspecified atom stereocenters. The molecule has 1 aliphatic carbocycles. The van der Waals surface area contributed by atoms with Crippen LogP contribution in [0, 0.1) is 11.8 Å². The van der Waals surface area contributed by atoms with Crippen molar-refractivity contribution in [2.45, 2.75) is 33.6 Å². The third kappa shape index (κ3) is 4.90. The van der Waals surface area contributed by atoms with Crippen LogP contribution in [0.4, 0.5) is 0 Å². The number of rotatable bonds is 7. The zero-order valence-electron chi connectivity index (χ0n) is 21.4. The summed E-state index contributed by atoms with van der Waals surface area (Å²) < 4.78 is 2.29. The molecule has 5 rings (SSSR count). The van der Waals surface area contributed by atoms with E-state index in [-0.39, 0.29) is 0 Å². The predicted molar refractivity (Wildman–Crippen MR) is 153 cm³/mol. The van der Waals surface area contributed by atoms with Crippen molar-refractivity contribution in [3.8, 4) is 28.2 Å². The molecule has 0 saturated heterocycles. The maximum Gasteiger partial charge on any atom is 0.144 e. The van der Waals surface area contributed by atoms with Gasteiger partial charge in [-0.15, -0.1) is 0 Å². The summed E-state index contributed by atoms with van der Waals surface area (Å²) in [5, 5.41) is 0. The Morgan fingerprint density at radius 1 is 0.806 bits per heavy atom. The van der Waals surface area contributed by atoms with E-state index in [1.807, 2.05) is 6.20 Å². The quantitative estimate of drug-likeness (QED) is 0.263. The number of benzene rings is 3. The zero-order valence-corrected chi connectivity index (χ0v) is 21.4. The minimum Gasteiger partial charge on any atom is -0.299 e. The molecular formula is C34H34N2. The summed E-state index contributed by atoms with van der Waals surface area (Å²) in [6.07, 6.45) is 17.1. The van der Waals surface area contributed by atoms with Gasteiger partial charge in [-0.2, -0.15) is 0 Å². The highest BCUT2D eigenvalue weighted by molar-refractivity contribution is 5.88. The number of allylic oxidation sites excluding steroid dienone is 6. The highest BCUT2D eigenvalue weighted by atomic mass is 15.1. The lowest BCUT2D eigenvalue weighted by molar-refractivity contribution is 0.417. The first-order valence-electron chi connectivity index (χ1n) is 13.0. The van der Waals surface area contributed by atoms with E-state index >= 15 is 0 Å². The average Bonchev–Trinajstić information content (AvgIpc) is 3.22. The van der Waals surface area contributed by atoms with Gasteiger partial charge in [0, 0.05) is 29.1 Å². The lowest BCUT2D eigenvalue weighted by Gasteiger charge is -2.21. The molecule has 0 spiro atoms. The number of imidazole rings is 1. The molecule has 4 aromatic rings. The highest BCUT2D eigenvalue weighted by Crippen LogP contribution is 2.37. The number of hydrogen-bond donors (Lipinski definition) is 0. The molecule has 1 aromatic heterocycles. The summed E-state index contributed by atoms with van der Waals surface area (Å²) in [5.74, 6) is 2.21. The van der Waals surface area contributed by atoms with Crippen LogP contribution in [-0.4, -0.2) is 9.55 Å². The summed E-state index contributed by atoms with van der Waals surface area (Å²) in [5.41, 5.74) is 8.52. The van der Waals surface area contributed by atoms with E-state index in [1.165, 1.54) is 33.4 Å². The number of aromatic nitrogens is 2. The van der Waals surface area contributed by atoms with Gasteiger partial charge in [-0.3, -0.25) is 4.57 Å². The lowest BCUT2D eigenvalue weighted by atomic mass is 9.89. The fraction of sp³-hybridized carbons (Fsp3) is 0.206. The van der Waals surface area contributed by atoms with Gasteiger partial charge in [-0.25, -0.2) is 4.98 Å². The normalized spacial score (nSPS) is 14.1. The first-order chi connectivity index (χ1) is 17.6. The van der Waals surface area contributed by atoms with Gasteiger partial charge in [0.2, 0.25) is 0 Å². The molecule has 0 saturated carbocycles. The van der Waals surface area contributed by atoms with Crippen molar-refractivity contribution in [3.63, 3.8) is 0 Å². The molecule has 0 amide bonds. The van der Waals surface area contributed by atoms with Crippen molar-refractivity contribution in [3.05, 3.63) is 127 Å². The number of nitrogens with zero attached hydrogens (tertiary/aromatic N) is 2. The first-order valence-corrected chi connectivity index (χ1v) is 13.0. The third-order valence-corrected chi connectivity index (χ3v) is 7.23. The van der Waals surface area contributed by atoms with Gasteiger partial charge in [0.05, 0.1) is 5.69 Å². The molecule has 2 heteroatoms. The van der Waals surface area contributed by atoms with Crippen molar-refractivity contribution in [1.29, 1.82) is 0 Å². The van der Waals surface area contributed by atoms with E-state index in [1.54, 1.807) is 0 Å². The Hall–Kier alpha value is -3.91. The SMILES string of the molecule is CC(C)[C@H](C)Cc1ccccc1-c1nccn1-c1c(C2=CC=CCC=C2)cccc1-c1ccccc1. The minimum absolute atomic E-state index is 0.592. The Labute approximate surface area is 215 Å². The minimum atomic E-state index is 0.592. The second-order valence-corrected chi connectivity index (χ2v) is 9.96. The predicted octanol–water partition coefficient (Wildman–Crippen LogP) is 8.94. The fourth-order valence-corrected chi connectivity index (χ4v) is 4.83. The lowest BCUT2D eigenvalue weighted by Crippen LogP contribution is -2.09. The van der Waals surface area contributed by atoms with E-state index in [9.17, 15) is 0 Å². The largest absolute Gasteiger partial charge is 0.299 e. The summed E-state index contributed by atoms with van der Waals surface area (Å²) in [7, 11) is 0. The molecule has 0 aliphatic heterocycles. The average molecular weight is 471 g/mol. The van der Waals surface area contributed by atoms with Crippen LogP contribution in [0.5, 0.6) is 0 Å². The van der Waals surface area contributed by atoms with Crippen molar-refractivity contribution >= 4 is 5.57 Å². The Balaban J connectivity index is 1.73. The molecule has 0 bridgehead atoms. The van der Waals surface area contributed by atoms with Gasteiger partial charge in [0.25, 0.3) is 0 Å². The molecule has 36 heavy (non-hydrogen) atoms. The molecule has 180 valence electrons. The van der Waals surface area contributed by atoms with Gasteiger partial charge in [-0.05, 0) is 41.4 Å². The number of hydrogen-bond acceptors (Lipinski definition) is 1. The summed E-state index contributed by atoms with van der Waals surface area (Å²) in [4.78, 5) is 4.93. The molecule has 2 nitrogen and oxygen atoms in total. The molecule has 0 N–H and O–H groups in total. The monoisotopic (exact) mass is 470 g/mol. The van der Waals surface area contributed by atoms with E-state index < -0.39 is 0 Å². The topological polar surface area (TPSA) is 17.8 Å². The van der Waals surface area contributed by atoms with Gasteiger partial charge < -0.3 is 0 Å². The zero-order chi connectivity index (χ0) is 24.9. The maximum absolute atomic E-state index is 4.93. The van der Waals surface area contributed by atoms with Crippen molar-refractivity contribution in [2.75, 3.05) is 0 Å². The van der Waals surface area contributed by atoms with Gasteiger partial charge >= 0.3 is 0 Å². The van der Waals surface area contributed by atoms with Crippen molar-refractivity contribution in [1.82, 2.24) is 9.55 Å². The smallest absolute Gasteiger partial charge is 0.144 e. The van der Waals surface area contributed by atoms with Crippen LogP contribution >= 0.6 is 0 Å². The van der Waals surface area contributed by atoms with Crippen LogP contribution in [0.25, 0.3) is 33.8 Å². The van der Waals surface area contributed by atoms with Crippen molar-refractivity contribution in [2.24, 2.45) is 11.8 Å². The Morgan fingerprint density at radius 2 is 1.56 bits per heavy atom. The molecule has 3 aromatic carbocycles. The second-order valence-electron chi connectivity index (χ2n) is 9.96. The van der Waals surface area contributed by atoms with E-state index in [0.29, 0.717) is 11.8 Å².